The molecule has 2 amide bonds. The Labute approximate surface area is 220 Å². The van der Waals surface area contributed by atoms with Gasteiger partial charge in [0.05, 0.1) is 45.2 Å². The van der Waals surface area contributed by atoms with Crippen molar-refractivity contribution in [3.05, 3.63) is 82.9 Å². The number of hydrogen-bond acceptors (Lipinski definition) is 8. The van der Waals surface area contributed by atoms with Gasteiger partial charge >= 0.3 is 0 Å². The van der Waals surface area contributed by atoms with Gasteiger partial charge in [-0.3, -0.25) is 9.59 Å². The summed E-state index contributed by atoms with van der Waals surface area (Å²) in [4.78, 5) is 24.5. The van der Waals surface area contributed by atoms with Crippen molar-refractivity contribution in [3.63, 3.8) is 0 Å². The summed E-state index contributed by atoms with van der Waals surface area (Å²) in [6.45, 7) is 2.21. The van der Waals surface area contributed by atoms with E-state index in [1.165, 1.54) is 26.5 Å². The molecule has 0 unspecified atom stereocenters. The topological polar surface area (TPSA) is 131 Å². The highest BCUT2D eigenvalue weighted by Crippen LogP contribution is 2.29. The number of benzene rings is 3. The fourth-order valence-electron chi connectivity index (χ4n) is 3.36. The van der Waals surface area contributed by atoms with E-state index in [9.17, 15) is 14.9 Å². The highest BCUT2D eigenvalue weighted by atomic mass is 16.5. The summed E-state index contributed by atoms with van der Waals surface area (Å²) in [6.07, 6.45) is 1.45. The minimum Gasteiger partial charge on any atom is -0.493 e. The summed E-state index contributed by atoms with van der Waals surface area (Å²) in [7, 11) is 2.97. The Hall–Kier alpha value is -5.04. The van der Waals surface area contributed by atoms with E-state index >= 15 is 0 Å². The van der Waals surface area contributed by atoms with Crippen LogP contribution in [0.5, 0.6) is 23.0 Å². The summed E-state index contributed by atoms with van der Waals surface area (Å²) in [5.74, 6) is 0.963. The van der Waals surface area contributed by atoms with Crippen LogP contribution in [0, 0.1) is 11.3 Å². The summed E-state index contributed by atoms with van der Waals surface area (Å²) in [5, 5.41) is 15.7. The van der Waals surface area contributed by atoms with Crippen LogP contribution in [-0.4, -0.2) is 45.4 Å². The van der Waals surface area contributed by atoms with E-state index in [0.29, 0.717) is 46.3 Å². The number of nitrogens with zero attached hydrogens (tertiary/aromatic N) is 2. The van der Waals surface area contributed by atoms with Crippen molar-refractivity contribution < 1.29 is 28.5 Å². The van der Waals surface area contributed by atoms with E-state index in [2.05, 4.69) is 21.9 Å². The highest BCUT2D eigenvalue weighted by Gasteiger charge is 2.12. The average Bonchev–Trinajstić information content (AvgIpc) is 2.95. The molecule has 0 atom stereocenters. The maximum atomic E-state index is 12.4. The number of carbonyl (C=O) groups is 2. The molecule has 3 rings (SSSR count). The summed E-state index contributed by atoms with van der Waals surface area (Å²) in [5.41, 5.74) is 4.67. The zero-order valence-electron chi connectivity index (χ0n) is 21.3. The van der Waals surface area contributed by atoms with Crippen molar-refractivity contribution in [1.29, 1.82) is 5.26 Å². The second-order valence-corrected chi connectivity index (χ2v) is 7.74. The smallest absolute Gasteiger partial charge is 0.259 e. The van der Waals surface area contributed by atoms with Crippen molar-refractivity contribution in [2.24, 2.45) is 5.10 Å². The third kappa shape index (κ3) is 7.48. The first-order valence-electron chi connectivity index (χ1n) is 11.7. The second-order valence-electron chi connectivity index (χ2n) is 7.74. The SMILES string of the molecule is CCOc1cc(/C=N\NC(=O)CNC(=O)c2ccc(OC)c(OC)c2)ccc1OCc1ccccc1C#N. The Morgan fingerprint density at radius 2 is 1.71 bits per heavy atom. The minimum absolute atomic E-state index is 0.211. The molecule has 0 aliphatic heterocycles. The highest BCUT2D eigenvalue weighted by molar-refractivity contribution is 5.97. The number of amides is 2. The lowest BCUT2D eigenvalue weighted by Crippen LogP contribution is -2.34. The first-order valence-corrected chi connectivity index (χ1v) is 11.7. The van der Waals surface area contributed by atoms with Crippen molar-refractivity contribution in [1.82, 2.24) is 10.7 Å². The summed E-state index contributed by atoms with van der Waals surface area (Å²) >= 11 is 0. The maximum absolute atomic E-state index is 12.4. The molecular formula is C28H28N4O6. The van der Waals surface area contributed by atoms with Crippen molar-refractivity contribution in [2.45, 2.75) is 13.5 Å². The molecule has 10 nitrogen and oxygen atoms in total. The third-order valence-electron chi connectivity index (χ3n) is 5.25. The predicted octanol–water partition coefficient (Wildman–Crippen LogP) is 3.43. The molecule has 2 N–H and O–H groups in total. The molecule has 0 spiro atoms. The Bertz CT molecular complexity index is 1350. The Morgan fingerprint density at radius 1 is 0.947 bits per heavy atom. The van der Waals surface area contributed by atoms with E-state index in [0.717, 1.165) is 5.56 Å². The fourth-order valence-corrected chi connectivity index (χ4v) is 3.36. The molecule has 0 aliphatic carbocycles. The van der Waals surface area contributed by atoms with Gasteiger partial charge in [0.25, 0.3) is 11.8 Å². The van der Waals surface area contributed by atoms with Gasteiger partial charge in [0, 0.05) is 11.1 Å². The monoisotopic (exact) mass is 516 g/mol. The van der Waals surface area contributed by atoms with Gasteiger partial charge in [-0.1, -0.05) is 18.2 Å². The number of methoxy groups -OCH3 is 2. The van der Waals surface area contributed by atoms with Gasteiger partial charge < -0.3 is 24.3 Å². The molecular weight excluding hydrogens is 488 g/mol. The van der Waals surface area contributed by atoms with Crippen molar-refractivity contribution >= 4 is 18.0 Å². The molecule has 0 radical (unpaired) electrons. The van der Waals surface area contributed by atoms with Crippen LogP contribution in [0.1, 0.15) is 34.0 Å². The van der Waals surface area contributed by atoms with E-state index in [4.69, 9.17) is 18.9 Å². The normalized spacial score (nSPS) is 10.4. The van der Waals surface area contributed by atoms with Gasteiger partial charge in [0.15, 0.2) is 23.0 Å². The van der Waals surface area contributed by atoms with Gasteiger partial charge in [0.1, 0.15) is 6.61 Å². The Kier molecular flexibility index (Phi) is 10.1. The molecule has 0 aromatic heterocycles. The molecule has 3 aromatic carbocycles. The largest absolute Gasteiger partial charge is 0.493 e. The van der Waals surface area contributed by atoms with Crippen LogP contribution in [0.25, 0.3) is 0 Å². The predicted molar refractivity (Wildman–Crippen MR) is 141 cm³/mol. The number of hydrogen-bond donors (Lipinski definition) is 2. The number of ether oxygens (including phenoxy) is 4. The molecule has 0 aliphatic rings. The number of nitrogens with one attached hydrogen (secondary N) is 2. The van der Waals surface area contributed by atoms with E-state index in [-0.39, 0.29) is 13.2 Å². The van der Waals surface area contributed by atoms with Crippen LogP contribution in [-0.2, 0) is 11.4 Å². The summed E-state index contributed by atoms with van der Waals surface area (Å²) < 4.78 is 21.9. The minimum atomic E-state index is -0.504. The van der Waals surface area contributed by atoms with Crippen LogP contribution in [0.4, 0.5) is 0 Å². The van der Waals surface area contributed by atoms with E-state index < -0.39 is 11.8 Å². The molecule has 0 saturated heterocycles. The lowest BCUT2D eigenvalue weighted by atomic mass is 10.1. The van der Waals surface area contributed by atoms with Gasteiger partial charge in [-0.25, -0.2) is 5.43 Å². The van der Waals surface area contributed by atoms with Crippen molar-refractivity contribution in [2.75, 3.05) is 27.4 Å². The van der Waals surface area contributed by atoms with Gasteiger partial charge in [-0.15, -0.1) is 0 Å². The number of nitriles is 1. The maximum Gasteiger partial charge on any atom is 0.259 e. The molecule has 3 aromatic rings. The lowest BCUT2D eigenvalue weighted by molar-refractivity contribution is -0.120. The van der Waals surface area contributed by atoms with Crippen LogP contribution in [0.15, 0.2) is 65.8 Å². The first kappa shape index (κ1) is 27.5. The molecule has 196 valence electrons. The van der Waals surface area contributed by atoms with Gasteiger partial charge in [-0.2, -0.15) is 10.4 Å². The fraction of sp³-hybridized carbons (Fsp3) is 0.214. The quantitative estimate of drug-likeness (QED) is 0.278. The number of rotatable bonds is 12. The van der Waals surface area contributed by atoms with Crippen LogP contribution in [0.2, 0.25) is 0 Å². The molecule has 0 bridgehead atoms. The van der Waals surface area contributed by atoms with E-state index in [1.54, 1.807) is 42.5 Å². The van der Waals surface area contributed by atoms with Crippen LogP contribution < -0.4 is 29.7 Å². The zero-order chi connectivity index (χ0) is 27.3. The number of hydrazone groups is 1. The average molecular weight is 517 g/mol. The summed E-state index contributed by atoms with van der Waals surface area (Å²) in [6, 6.07) is 19.3. The molecule has 0 saturated carbocycles. The molecule has 0 heterocycles. The first-order chi connectivity index (χ1) is 18.5. The van der Waals surface area contributed by atoms with Gasteiger partial charge in [0.2, 0.25) is 0 Å². The zero-order valence-corrected chi connectivity index (χ0v) is 21.3. The lowest BCUT2D eigenvalue weighted by Gasteiger charge is -2.13. The van der Waals surface area contributed by atoms with Crippen molar-refractivity contribution in [3.8, 4) is 29.1 Å². The van der Waals surface area contributed by atoms with Crippen LogP contribution >= 0.6 is 0 Å². The Balaban J connectivity index is 1.55. The Morgan fingerprint density at radius 3 is 2.45 bits per heavy atom. The molecule has 10 heteroatoms. The van der Waals surface area contributed by atoms with Crippen LogP contribution in [0.3, 0.4) is 0 Å². The standard InChI is InChI=1S/C28H28N4O6/c1-4-37-26-13-19(9-11-24(26)38-18-22-8-6-5-7-21(22)15-29)16-31-32-27(33)17-30-28(34)20-10-12-23(35-2)25(14-20)36-3/h5-14,16H,4,17-18H2,1-3H3,(H,30,34)(H,32,33)/b31-16-. The molecule has 38 heavy (non-hydrogen) atoms. The van der Waals surface area contributed by atoms with Gasteiger partial charge in [-0.05, 0) is 55.0 Å². The second kappa shape index (κ2) is 13.9. The number of carbonyl (C=O) groups excluding carboxylic acids is 2. The molecule has 0 fully saturated rings. The van der Waals surface area contributed by atoms with E-state index in [1.807, 2.05) is 19.1 Å². The third-order valence-corrected chi connectivity index (χ3v) is 5.25.